The number of hydrogen-bond donors (Lipinski definition) is 0. The number of benzene rings is 2. The highest BCUT2D eigenvalue weighted by molar-refractivity contribution is 7.88. The maximum Gasteiger partial charge on any atom is 0.534 e. The average molecular weight is 468 g/mol. The van der Waals surface area contributed by atoms with Crippen LogP contribution in [0.15, 0.2) is 48.6 Å². The molecule has 170 valence electrons. The first-order valence-electron chi connectivity index (χ1n) is 9.26. The number of methoxy groups -OCH3 is 1. The Kier molecular flexibility index (Phi) is 6.10. The number of carbonyl (C=O) groups excluding carboxylic acids is 1. The first-order chi connectivity index (χ1) is 14.8. The molecule has 1 aliphatic heterocycles. The second-order valence-corrected chi connectivity index (χ2v) is 8.86. The lowest BCUT2D eigenvalue weighted by atomic mass is 9.96. The highest BCUT2D eigenvalue weighted by Crippen LogP contribution is 2.46. The minimum Gasteiger partial charge on any atom is -0.496 e. The number of hydrogen-bond acceptors (Lipinski definition) is 6. The molecule has 0 radical (unpaired) electrons. The summed E-state index contributed by atoms with van der Waals surface area (Å²) in [6, 6.07) is 9.86. The van der Waals surface area contributed by atoms with Gasteiger partial charge in [0, 0.05) is 6.07 Å². The summed E-state index contributed by atoms with van der Waals surface area (Å²) in [5, 5.41) is 0. The minimum absolute atomic E-state index is 0.0798. The predicted molar refractivity (Wildman–Crippen MR) is 112 cm³/mol. The number of allylic oxidation sites excluding steroid dienone is 1. The fraction of sp³-hybridized carbons (Fsp3) is 0.227. The molecule has 0 atom stereocenters. The second kappa shape index (κ2) is 8.34. The fourth-order valence-electron chi connectivity index (χ4n) is 2.92. The van der Waals surface area contributed by atoms with Gasteiger partial charge in [0.15, 0.2) is 11.5 Å². The summed E-state index contributed by atoms with van der Waals surface area (Å²) >= 11 is 0. The zero-order chi connectivity index (χ0) is 23.7. The van der Waals surface area contributed by atoms with Crippen molar-refractivity contribution >= 4 is 28.1 Å². The lowest BCUT2D eigenvalue weighted by Gasteiger charge is -2.30. The topological polar surface area (TPSA) is 78.9 Å². The van der Waals surface area contributed by atoms with E-state index in [1.54, 1.807) is 44.2 Å². The van der Waals surface area contributed by atoms with E-state index in [-0.39, 0.29) is 22.6 Å². The maximum atomic E-state index is 13.0. The van der Waals surface area contributed by atoms with Gasteiger partial charge >= 0.3 is 15.6 Å². The standard InChI is InChI=1S/C22H19F3O6S/c1-21(2)12-11-15-17(31-32(27,28)22(23,24)25)13-18(29-3)19(20(15)30-21)16(26)10-9-14-7-5-4-6-8-14/h4-13H,1-3H3. The molecule has 0 saturated heterocycles. The SMILES string of the molecule is COc1cc(OS(=O)(=O)C(F)(F)F)c2c(c1C(=O)C=Cc1ccccc1)OC(C)(C)C=C2. The second-order valence-electron chi connectivity index (χ2n) is 7.33. The van der Waals surface area contributed by atoms with E-state index in [4.69, 9.17) is 9.47 Å². The van der Waals surface area contributed by atoms with Crippen molar-refractivity contribution in [1.29, 1.82) is 0 Å². The van der Waals surface area contributed by atoms with Crippen LogP contribution in [0.1, 0.15) is 35.3 Å². The van der Waals surface area contributed by atoms with Crippen molar-refractivity contribution < 1.29 is 40.0 Å². The Morgan fingerprint density at radius 2 is 1.78 bits per heavy atom. The first-order valence-corrected chi connectivity index (χ1v) is 10.7. The van der Waals surface area contributed by atoms with Crippen LogP contribution >= 0.6 is 0 Å². The number of halogens is 3. The number of carbonyl (C=O) groups is 1. The molecule has 0 bridgehead atoms. The summed E-state index contributed by atoms with van der Waals surface area (Å²) < 4.78 is 77.1. The van der Waals surface area contributed by atoms with E-state index in [0.717, 1.165) is 11.6 Å². The van der Waals surface area contributed by atoms with E-state index < -0.39 is 32.8 Å². The molecule has 0 unspecified atom stereocenters. The van der Waals surface area contributed by atoms with Crippen LogP contribution in [0.2, 0.25) is 0 Å². The van der Waals surface area contributed by atoms with Gasteiger partial charge in [0.05, 0.1) is 12.7 Å². The average Bonchev–Trinajstić information content (AvgIpc) is 2.70. The Morgan fingerprint density at radius 3 is 2.38 bits per heavy atom. The number of fused-ring (bicyclic) bond motifs is 1. The number of ether oxygens (including phenoxy) is 2. The molecule has 0 amide bonds. The van der Waals surface area contributed by atoms with Crippen LogP contribution in [0, 0.1) is 0 Å². The summed E-state index contributed by atoms with van der Waals surface area (Å²) in [4.78, 5) is 13.0. The van der Waals surface area contributed by atoms with E-state index in [2.05, 4.69) is 4.18 Å². The third-order valence-corrected chi connectivity index (χ3v) is 5.40. The summed E-state index contributed by atoms with van der Waals surface area (Å²) in [5.74, 6) is -1.58. The molecule has 3 rings (SSSR count). The van der Waals surface area contributed by atoms with E-state index >= 15 is 0 Å². The summed E-state index contributed by atoms with van der Waals surface area (Å²) in [6.45, 7) is 3.32. The number of ketones is 1. The Morgan fingerprint density at radius 1 is 1.12 bits per heavy atom. The van der Waals surface area contributed by atoms with Crippen molar-refractivity contribution in [2.24, 2.45) is 0 Å². The molecule has 0 aromatic heterocycles. The minimum atomic E-state index is -5.96. The van der Waals surface area contributed by atoms with Crippen molar-refractivity contribution in [1.82, 2.24) is 0 Å². The van der Waals surface area contributed by atoms with Gasteiger partial charge in [-0.25, -0.2) is 0 Å². The molecule has 2 aromatic rings. The highest BCUT2D eigenvalue weighted by Gasteiger charge is 2.49. The Labute approximate surface area is 183 Å². The van der Waals surface area contributed by atoms with Crippen molar-refractivity contribution in [3.63, 3.8) is 0 Å². The van der Waals surface area contributed by atoms with Crippen LogP contribution in [0.3, 0.4) is 0 Å². The van der Waals surface area contributed by atoms with Crippen LogP contribution in [-0.4, -0.2) is 32.4 Å². The van der Waals surface area contributed by atoms with Crippen LogP contribution in [-0.2, 0) is 10.1 Å². The Bertz CT molecular complexity index is 1200. The van der Waals surface area contributed by atoms with Gasteiger partial charge in [-0.05, 0) is 37.6 Å². The normalized spacial score (nSPS) is 15.2. The molecule has 2 aromatic carbocycles. The lowest BCUT2D eigenvalue weighted by molar-refractivity contribution is -0.0500. The van der Waals surface area contributed by atoms with Gasteiger partial charge in [0.25, 0.3) is 0 Å². The Hall–Kier alpha value is -3.27. The maximum absolute atomic E-state index is 13.0. The lowest BCUT2D eigenvalue weighted by Crippen LogP contribution is -2.30. The third-order valence-electron chi connectivity index (χ3n) is 4.44. The molecule has 10 heteroatoms. The molecular formula is C22H19F3O6S. The molecule has 0 fully saturated rings. The van der Waals surface area contributed by atoms with Gasteiger partial charge in [-0.3, -0.25) is 4.79 Å². The van der Waals surface area contributed by atoms with Gasteiger partial charge in [-0.2, -0.15) is 21.6 Å². The molecule has 1 aliphatic rings. The Balaban J connectivity index is 2.16. The largest absolute Gasteiger partial charge is 0.534 e. The zero-order valence-corrected chi connectivity index (χ0v) is 18.1. The molecule has 0 N–H and O–H groups in total. The highest BCUT2D eigenvalue weighted by atomic mass is 32.2. The smallest absolute Gasteiger partial charge is 0.496 e. The molecule has 6 nitrogen and oxygen atoms in total. The number of alkyl halides is 3. The van der Waals surface area contributed by atoms with Crippen LogP contribution < -0.4 is 13.7 Å². The van der Waals surface area contributed by atoms with Gasteiger partial charge in [-0.15, -0.1) is 0 Å². The van der Waals surface area contributed by atoms with Gasteiger partial charge in [0.2, 0.25) is 0 Å². The molecule has 0 spiro atoms. The fourth-order valence-corrected chi connectivity index (χ4v) is 3.39. The van der Waals surface area contributed by atoms with E-state index in [1.165, 1.54) is 25.3 Å². The summed E-state index contributed by atoms with van der Waals surface area (Å²) in [5.41, 5.74) is -6.04. The number of rotatable bonds is 6. The van der Waals surface area contributed by atoms with Gasteiger partial charge in [0.1, 0.15) is 22.7 Å². The van der Waals surface area contributed by atoms with E-state index in [1.807, 2.05) is 6.07 Å². The first kappa shape index (κ1) is 23.4. The van der Waals surface area contributed by atoms with E-state index in [9.17, 15) is 26.4 Å². The summed E-state index contributed by atoms with van der Waals surface area (Å²) in [6.07, 6.45) is 5.66. The quantitative estimate of drug-likeness (QED) is 0.257. The molecule has 0 aliphatic carbocycles. The van der Waals surface area contributed by atoms with Crippen LogP contribution in [0.4, 0.5) is 13.2 Å². The third kappa shape index (κ3) is 4.80. The van der Waals surface area contributed by atoms with Crippen LogP contribution in [0.25, 0.3) is 12.2 Å². The zero-order valence-electron chi connectivity index (χ0n) is 17.3. The van der Waals surface area contributed by atoms with Crippen molar-refractivity contribution in [3.05, 3.63) is 65.2 Å². The van der Waals surface area contributed by atoms with Gasteiger partial charge < -0.3 is 13.7 Å². The monoisotopic (exact) mass is 468 g/mol. The van der Waals surface area contributed by atoms with Crippen LogP contribution in [0.5, 0.6) is 17.2 Å². The van der Waals surface area contributed by atoms with Crippen molar-refractivity contribution in [2.45, 2.75) is 25.0 Å². The molecule has 32 heavy (non-hydrogen) atoms. The van der Waals surface area contributed by atoms with Gasteiger partial charge in [-0.1, -0.05) is 36.4 Å². The van der Waals surface area contributed by atoms with Crippen molar-refractivity contribution in [2.75, 3.05) is 7.11 Å². The molecule has 1 heterocycles. The molecular weight excluding hydrogens is 449 g/mol. The van der Waals surface area contributed by atoms with Crippen molar-refractivity contribution in [3.8, 4) is 17.2 Å². The predicted octanol–water partition coefficient (Wildman–Crippen LogP) is 5.00. The van der Waals surface area contributed by atoms with E-state index in [0.29, 0.717) is 0 Å². The summed E-state index contributed by atoms with van der Waals surface area (Å²) in [7, 11) is -4.78. The molecule has 0 saturated carbocycles.